The van der Waals surface area contributed by atoms with Crippen LogP contribution in [0.15, 0.2) is 29.9 Å². The second-order valence-electron chi connectivity index (χ2n) is 9.83. The third kappa shape index (κ3) is 4.66. The van der Waals surface area contributed by atoms with E-state index in [1.54, 1.807) is 11.0 Å². The van der Waals surface area contributed by atoms with Crippen LogP contribution < -0.4 is 4.74 Å². The molecule has 2 saturated heterocycles. The lowest BCUT2D eigenvalue weighted by atomic mass is 9.84. The Labute approximate surface area is 206 Å². The van der Waals surface area contributed by atoms with Gasteiger partial charge in [-0.05, 0) is 32.9 Å². The molecule has 3 aromatic rings. The number of piperidine rings is 1. The van der Waals surface area contributed by atoms with Crippen molar-refractivity contribution in [2.24, 2.45) is 11.8 Å². The van der Waals surface area contributed by atoms with Gasteiger partial charge < -0.3 is 19.1 Å². The summed E-state index contributed by atoms with van der Waals surface area (Å²) in [6.07, 6.45) is 0.935. The molecule has 2 atom stereocenters. The summed E-state index contributed by atoms with van der Waals surface area (Å²) in [5.41, 5.74) is 1.68. The third-order valence-electron chi connectivity index (χ3n) is 6.12. The van der Waals surface area contributed by atoms with Gasteiger partial charge in [0.2, 0.25) is 5.88 Å². The van der Waals surface area contributed by atoms with Crippen molar-refractivity contribution in [3.8, 4) is 23.1 Å². The predicted molar refractivity (Wildman–Crippen MR) is 128 cm³/mol. The normalized spacial score (nSPS) is 22.0. The minimum absolute atomic E-state index is 0.0262. The fraction of sp³-hybridized carbons (Fsp3) is 0.440. The van der Waals surface area contributed by atoms with Crippen molar-refractivity contribution in [3.05, 3.63) is 41.3 Å². The van der Waals surface area contributed by atoms with Crippen LogP contribution in [0.4, 0.5) is 9.18 Å². The first-order valence-corrected chi connectivity index (χ1v) is 12.3. The first-order chi connectivity index (χ1) is 16.7. The van der Waals surface area contributed by atoms with E-state index in [0.29, 0.717) is 43.3 Å². The molecule has 5 rings (SSSR count). The lowest BCUT2D eigenvalue weighted by molar-refractivity contribution is -0.112. The zero-order valence-electron chi connectivity index (χ0n) is 19.7. The molecule has 1 aromatic carbocycles. The number of ether oxygens (including phenoxy) is 3. The molecule has 2 unspecified atom stereocenters. The highest BCUT2D eigenvalue weighted by molar-refractivity contribution is 7.18. The van der Waals surface area contributed by atoms with Crippen LogP contribution in [0.5, 0.6) is 5.88 Å². The Morgan fingerprint density at radius 1 is 1.23 bits per heavy atom. The number of nitriles is 1. The monoisotopic (exact) mass is 496 g/mol. The molecule has 8 nitrogen and oxygen atoms in total. The Kier molecular flexibility index (Phi) is 6.07. The fourth-order valence-corrected chi connectivity index (χ4v) is 5.59. The van der Waals surface area contributed by atoms with Gasteiger partial charge in [-0.2, -0.15) is 5.26 Å². The van der Waals surface area contributed by atoms with Gasteiger partial charge >= 0.3 is 6.09 Å². The van der Waals surface area contributed by atoms with E-state index in [2.05, 4.69) is 16.0 Å². The van der Waals surface area contributed by atoms with Gasteiger partial charge in [-0.1, -0.05) is 6.07 Å². The van der Waals surface area contributed by atoms with Crippen molar-refractivity contribution in [2.45, 2.75) is 32.5 Å². The van der Waals surface area contributed by atoms with Crippen LogP contribution in [0.1, 0.15) is 26.3 Å². The fourth-order valence-electron chi connectivity index (χ4n) is 4.64. The highest BCUT2D eigenvalue weighted by Gasteiger charge is 2.44. The van der Waals surface area contributed by atoms with Crippen LogP contribution in [0, 0.1) is 29.0 Å². The summed E-state index contributed by atoms with van der Waals surface area (Å²) in [7, 11) is 0. The summed E-state index contributed by atoms with van der Waals surface area (Å²) < 4.78 is 32.2. The minimum Gasteiger partial charge on any atom is -0.472 e. The molecule has 2 bridgehead atoms. The Bertz CT molecular complexity index is 1300. The number of thiophene rings is 1. The summed E-state index contributed by atoms with van der Waals surface area (Å²) in [4.78, 5) is 23.2. The number of fused-ring (bicyclic) bond motifs is 3. The zero-order chi connectivity index (χ0) is 24.7. The molecule has 2 aliphatic rings. The number of benzene rings is 1. The molecule has 2 aliphatic heterocycles. The largest absolute Gasteiger partial charge is 0.472 e. The van der Waals surface area contributed by atoms with E-state index in [1.165, 1.54) is 29.8 Å². The van der Waals surface area contributed by atoms with Crippen molar-refractivity contribution >= 4 is 27.6 Å². The van der Waals surface area contributed by atoms with Crippen LogP contribution in [0.3, 0.4) is 0 Å². The van der Waals surface area contributed by atoms with Crippen LogP contribution in [0.2, 0.25) is 0 Å². The number of carbonyl (C=O) groups excluding carboxylic acids is 1. The number of hydrogen-bond donors (Lipinski definition) is 0. The van der Waals surface area contributed by atoms with Crippen molar-refractivity contribution in [1.82, 2.24) is 14.9 Å². The second-order valence-corrected chi connectivity index (χ2v) is 10.7. The number of hydrogen-bond acceptors (Lipinski definition) is 8. The van der Waals surface area contributed by atoms with Crippen molar-refractivity contribution in [1.29, 1.82) is 5.26 Å². The molecule has 2 aromatic heterocycles. The van der Waals surface area contributed by atoms with E-state index in [0.717, 1.165) is 10.3 Å². The molecule has 182 valence electrons. The predicted octanol–water partition coefficient (Wildman–Crippen LogP) is 4.63. The maximum atomic E-state index is 13.6. The number of halogens is 1. The molecule has 0 N–H and O–H groups in total. The first kappa shape index (κ1) is 23.5. The van der Waals surface area contributed by atoms with Gasteiger partial charge in [0, 0.05) is 41.4 Å². The Balaban J connectivity index is 1.41. The molecule has 0 saturated carbocycles. The number of rotatable bonds is 3. The van der Waals surface area contributed by atoms with Crippen molar-refractivity contribution in [3.63, 3.8) is 0 Å². The number of carbonyl (C=O) groups is 1. The average Bonchev–Trinajstić information content (AvgIpc) is 3.22. The summed E-state index contributed by atoms with van der Waals surface area (Å²) >= 11 is 1.42. The molecule has 35 heavy (non-hydrogen) atoms. The van der Waals surface area contributed by atoms with Gasteiger partial charge in [-0.25, -0.2) is 19.2 Å². The highest BCUT2D eigenvalue weighted by Crippen LogP contribution is 2.40. The quantitative estimate of drug-likeness (QED) is 0.521. The Morgan fingerprint density at radius 2 is 1.97 bits per heavy atom. The number of amides is 1. The molecular weight excluding hydrogens is 471 g/mol. The van der Waals surface area contributed by atoms with Gasteiger partial charge in [-0.15, -0.1) is 11.3 Å². The van der Waals surface area contributed by atoms with Crippen molar-refractivity contribution < 1.29 is 23.4 Å². The number of nitrogens with zero attached hydrogens (tertiary/aromatic N) is 4. The molecule has 1 amide bonds. The second kappa shape index (κ2) is 9.06. The van der Waals surface area contributed by atoms with Crippen molar-refractivity contribution in [2.75, 3.05) is 26.3 Å². The Morgan fingerprint density at radius 3 is 2.66 bits per heavy atom. The summed E-state index contributed by atoms with van der Waals surface area (Å²) in [5.74, 6) is -0.0574. The molecule has 0 aliphatic carbocycles. The molecule has 0 spiro atoms. The molecule has 4 heterocycles. The highest BCUT2D eigenvalue weighted by atomic mass is 32.1. The lowest BCUT2D eigenvalue weighted by Crippen LogP contribution is -2.59. The standard InChI is InChI=1S/C25H25FN4O4S/c1-25(2,3)34-24(31)30-8-15-10-32-11-16(9-30)21(15)33-23-22-20(28-13-29-23)19(12-35-22)18-5-4-17(26)6-14(18)7-27/h4-6,12-13,15-16,21H,8-11H2,1-3H3. The maximum absolute atomic E-state index is 13.6. The molecular formula is C25H25FN4O4S. The lowest BCUT2D eigenvalue weighted by Gasteiger charge is -2.46. The summed E-state index contributed by atoms with van der Waals surface area (Å²) in [5, 5.41) is 11.4. The topological polar surface area (TPSA) is 97.6 Å². The average molecular weight is 497 g/mol. The summed E-state index contributed by atoms with van der Waals surface area (Å²) in [6.45, 7) is 7.46. The van der Waals surface area contributed by atoms with E-state index in [1.807, 2.05) is 26.2 Å². The van der Waals surface area contributed by atoms with Gasteiger partial charge in [-0.3, -0.25) is 0 Å². The smallest absolute Gasteiger partial charge is 0.410 e. The van der Waals surface area contributed by atoms with Gasteiger partial charge in [0.25, 0.3) is 0 Å². The Hall–Kier alpha value is -3.29. The van der Waals surface area contributed by atoms with Gasteiger partial charge in [0.05, 0.1) is 30.4 Å². The molecule has 10 heteroatoms. The molecule has 2 fully saturated rings. The van der Waals surface area contributed by atoms with Gasteiger partial charge in [0.15, 0.2) is 0 Å². The van der Waals surface area contributed by atoms with Crippen LogP contribution in [-0.4, -0.2) is 59.0 Å². The minimum atomic E-state index is -0.560. The first-order valence-electron chi connectivity index (χ1n) is 11.4. The summed E-state index contributed by atoms with van der Waals surface area (Å²) in [6, 6.07) is 6.20. The van der Waals surface area contributed by atoms with Gasteiger partial charge in [0.1, 0.15) is 28.5 Å². The number of aromatic nitrogens is 2. The van der Waals surface area contributed by atoms with E-state index >= 15 is 0 Å². The molecule has 0 radical (unpaired) electrons. The van der Waals surface area contributed by atoms with E-state index in [4.69, 9.17) is 14.2 Å². The zero-order valence-corrected chi connectivity index (χ0v) is 20.5. The van der Waals surface area contributed by atoms with Crippen LogP contribution >= 0.6 is 11.3 Å². The van der Waals surface area contributed by atoms with E-state index in [-0.39, 0.29) is 29.6 Å². The van der Waals surface area contributed by atoms with Crippen LogP contribution in [0.25, 0.3) is 21.3 Å². The number of likely N-dealkylation sites (tertiary alicyclic amines) is 1. The van der Waals surface area contributed by atoms with E-state index < -0.39 is 11.4 Å². The van der Waals surface area contributed by atoms with E-state index in [9.17, 15) is 14.4 Å². The third-order valence-corrected chi connectivity index (χ3v) is 7.07. The van der Waals surface area contributed by atoms with Crippen LogP contribution in [-0.2, 0) is 9.47 Å². The SMILES string of the molecule is CC(C)(C)OC(=O)N1CC2COCC(C1)C2Oc1ncnc2c(-c3ccc(F)cc3C#N)csc12. The maximum Gasteiger partial charge on any atom is 0.410 e.